The largest absolute Gasteiger partial charge is 0.466 e. The molecule has 1 amide bonds. The van der Waals surface area contributed by atoms with Gasteiger partial charge in [0, 0.05) is 6.04 Å². The van der Waals surface area contributed by atoms with Gasteiger partial charge in [0.25, 0.3) is 0 Å². The number of sulfonamides is 1. The first-order valence-corrected chi connectivity index (χ1v) is 11.2. The lowest BCUT2D eigenvalue weighted by molar-refractivity contribution is -0.148. The van der Waals surface area contributed by atoms with Crippen LogP contribution in [0.4, 0.5) is 4.79 Å². The van der Waals surface area contributed by atoms with E-state index in [2.05, 4.69) is 10.0 Å². The van der Waals surface area contributed by atoms with Gasteiger partial charge in [-0.15, -0.1) is 0 Å². The molecule has 0 aliphatic heterocycles. The SMILES string of the molecule is CCOC(=O)[C@H]1CC[C@@H](NS(=O)(=O)c2ccc(C)cc2)[C@H]1NC(=O)OC(C)(C)C. The molecule has 9 heteroatoms. The molecular formula is C20H30N2O6S. The molecule has 1 aromatic rings. The summed E-state index contributed by atoms with van der Waals surface area (Å²) >= 11 is 0. The number of carbonyl (C=O) groups is 2. The average Bonchev–Trinajstić information content (AvgIpc) is 2.95. The molecule has 162 valence electrons. The summed E-state index contributed by atoms with van der Waals surface area (Å²) in [6.07, 6.45) is 0.0633. The average molecular weight is 427 g/mol. The van der Waals surface area contributed by atoms with E-state index in [-0.39, 0.29) is 11.5 Å². The lowest BCUT2D eigenvalue weighted by Crippen LogP contribution is -2.53. The van der Waals surface area contributed by atoms with Crippen molar-refractivity contribution in [3.63, 3.8) is 0 Å². The second-order valence-electron chi connectivity index (χ2n) is 8.15. The molecule has 0 aromatic heterocycles. The van der Waals surface area contributed by atoms with E-state index < -0.39 is 45.7 Å². The number of esters is 1. The topological polar surface area (TPSA) is 111 Å². The van der Waals surface area contributed by atoms with Crippen LogP contribution in [0.1, 0.15) is 46.1 Å². The zero-order chi connectivity index (χ0) is 21.8. The zero-order valence-electron chi connectivity index (χ0n) is 17.5. The molecule has 1 aliphatic rings. The summed E-state index contributed by atoms with van der Waals surface area (Å²) in [7, 11) is -3.82. The van der Waals surface area contributed by atoms with Crippen molar-refractivity contribution in [2.45, 2.75) is 70.0 Å². The van der Waals surface area contributed by atoms with Gasteiger partial charge in [-0.2, -0.15) is 0 Å². The first kappa shape index (κ1) is 23.2. The Morgan fingerprint density at radius 3 is 2.31 bits per heavy atom. The minimum atomic E-state index is -3.82. The Morgan fingerprint density at radius 2 is 1.76 bits per heavy atom. The molecule has 1 fully saturated rings. The van der Waals surface area contributed by atoms with E-state index in [1.807, 2.05) is 6.92 Å². The standard InChI is InChI=1S/C20H30N2O6S/c1-6-27-18(23)15-11-12-16(17(15)21-19(24)28-20(3,4)5)22-29(25,26)14-9-7-13(2)8-10-14/h7-10,15-17,22H,6,11-12H2,1-5H3,(H,21,24)/t15-,16+,17-/m0/s1. The van der Waals surface area contributed by atoms with Crippen molar-refractivity contribution in [1.82, 2.24) is 10.0 Å². The molecule has 0 heterocycles. The van der Waals surface area contributed by atoms with Crippen molar-refractivity contribution in [3.05, 3.63) is 29.8 Å². The third kappa shape index (κ3) is 6.43. The number of amides is 1. The zero-order valence-corrected chi connectivity index (χ0v) is 18.3. The molecule has 1 aliphatic carbocycles. The van der Waals surface area contributed by atoms with Crippen molar-refractivity contribution in [2.75, 3.05) is 6.61 Å². The normalized spacial score (nSPS) is 22.2. The van der Waals surface area contributed by atoms with Crippen LogP contribution in [-0.2, 0) is 24.3 Å². The van der Waals surface area contributed by atoms with E-state index in [0.29, 0.717) is 12.8 Å². The van der Waals surface area contributed by atoms with Gasteiger partial charge in [0.1, 0.15) is 5.60 Å². The molecule has 0 unspecified atom stereocenters. The van der Waals surface area contributed by atoms with Crippen LogP contribution in [0.15, 0.2) is 29.2 Å². The van der Waals surface area contributed by atoms with Crippen LogP contribution < -0.4 is 10.0 Å². The van der Waals surface area contributed by atoms with Gasteiger partial charge in [-0.05, 0) is 59.6 Å². The molecule has 0 spiro atoms. The molecule has 2 N–H and O–H groups in total. The van der Waals surface area contributed by atoms with Gasteiger partial charge < -0.3 is 14.8 Å². The number of hydrogen-bond donors (Lipinski definition) is 2. The third-order valence-corrected chi connectivity index (χ3v) is 6.07. The van der Waals surface area contributed by atoms with Crippen LogP contribution in [0.2, 0.25) is 0 Å². The third-order valence-electron chi connectivity index (χ3n) is 4.57. The smallest absolute Gasteiger partial charge is 0.407 e. The Kier molecular flexibility index (Phi) is 7.29. The maximum atomic E-state index is 12.8. The Morgan fingerprint density at radius 1 is 1.14 bits per heavy atom. The lowest BCUT2D eigenvalue weighted by Gasteiger charge is -2.27. The van der Waals surface area contributed by atoms with Gasteiger partial charge in [-0.3, -0.25) is 4.79 Å². The van der Waals surface area contributed by atoms with Crippen molar-refractivity contribution in [2.24, 2.45) is 5.92 Å². The van der Waals surface area contributed by atoms with Gasteiger partial charge in [0.05, 0.1) is 23.5 Å². The number of benzene rings is 1. The number of ether oxygens (including phenoxy) is 2. The van der Waals surface area contributed by atoms with Gasteiger partial charge in [-0.1, -0.05) is 17.7 Å². The fourth-order valence-corrected chi connectivity index (χ4v) is 4.57. The van der Waals surface area contributed by atoms with E-state index in [4.69, 9.17) is 9.47 Å². The summed E-state index contributed by atoms with van der Waals surface area (Å²) in [5.74, 6) is -1.13. The minimum Gasteiger partial charge on any atom is -0.466 e. The Labute approximate surface area is 172 Å². The predicted molar refractivity (Wildman–Crippen MR) is 108 cm³/mol. The van der Waals surface area contributed by atoms with Gasteiger partial charge in [0.2, 0.25) is 10.0 Å². The number of rotatable bonds is 6. The van der Waals surface area contributed by atoms with Crippen LogP contribution >= 0.6 is 0 Å². The minimum absolute atomic E-state index is 0.124. The summed E-state index contributed by atoms with van der Waals surface area (Å²) in [5.41, 5.74) is 0.218. The fraction of sp³-hybridized carbons (Fsp3) is 0.600. The Hall–Kier alpha value is -2.13. The molecule has 2 rings (SSSR count). The maximum Gasteiger partial charge on any atom is 0.407 e. The quantitative estimate of drug-likeness (QED) is 0.676. The van der Waals surface area contributed by atoms with Crippen molar-refractivity contribution in [3.8, 4) is 0 Å². The molecule has 8 nitrogen and oxygen atoms in total. The second-order valence-corrected chi connectivity index (χ2v) is 9.86. The summed E-state index contributed by atoms with van der Waals surface area (Å²) < 4.78 is 38.6. The lowest BCUT2D eigenvalue weighted by atomic mass is 10.0. The van der Waals surface area contributed by atoms with E-state index in [9.17, 15) is 18.0 Å². The summed E-state index contributed by atoms with van der Waals surface area (Å²) in [5, 5.41) is 2.67. The number of carbonyl (C=O) groups excluding carboxylic acids is 2. The van der Waals surface area contributed by atoms with Gasteiger partial charge in [-0.25, -0.2) is 17.9 Å². The van der Waals surface area contributed by atoms with Crippen molar-refractivity contribution >= 4 is 22.1 Å². The van der Waals surface area contributed by atoms with E-state index in [1.165, 1.54) is 12.1 Å². The van der Waals surface area contributed by atoms with E-state index >= 15 is 0 Å². The number of aryl methyl sites for hydroxylation is 1. The fourth-order valence-electron chi connectivity index (χ4n) is 3.27. The molecule has 0 bridgehead atoms. The second kappa shape index (κ2) is 9.13. The van der Waals surface area contributed by atoms with Crippen LogP contribution in [-0.4, -0.2) is 44.8 Å². The molecule has 0 saturated heterocycles. The van der Waals surface area contributed by atoms with Crippen LogP contribution in [0, 0.1) is 12.8 Å². The number of alkyl carbamates (subject to hydrolysis) is 1. The van der Waals surface area contributed by atoms with Gasteiger partial charge in [0.15, 0.2) is 0 Å². The molecule has 0 radical (unpaired) electrons. The molecule has 3 atom stereocenters. The molecule has 1 saturated carbocycles. The highest BCUT2D eigenvalue weighted by molar-refractivity contribution is 7.89. The highest BCUT2D eigenvalue weighted by Gasteiger charge is 2.44. The Balaban J connectivity index is 2.22. The molecular weight excluding hydrogens is 396 g/mol. The molecule has 29 heavy (non-hydrogen) atoms. The summed E-state index contributed by atoms with van der Waals surface area (Å²) in [6.45, 7) is 8.94. The monoisotopic (exact) mass is 426 g/mol. The van der Waals surface area contributed by atoms with E-state index in [1.54, 1.807) is 39.8 Å². The predicted octanol–water partition coefficient (Wildman–Crippen LogP) is 2.51. The first-order chi connectivity index (χ1) is 13.4. The summed E-state index contributed by atoms with van der Waals surface area (Å²) in [6, 6.07) is 5.02. The van der Waals surface area contributed by atoms with E-state index in [0.717, 1.165) is 5.56 Å². The van der Waals surface area contributed by atoms with Gasteiger partial charge >= 0.3 is 12.1 Å². The van der Waals surface area contributed by atoms with Crippen LogP contribution in [0.3, 0.4) is 0 Å². The number of hydrogen-bond acceptors (Lipinski definition) is 6. The van der Waals surface area contributed by atoms with Crippen molar-refractivity contribution < 1.29 is 27.5 Å². The van der Waals surface area contributed by atoms with Crippen LogP contribution in [0.25, 0.3) is 0 Å². The Bertz CT molecular complexity index is 830. The van der Waals surface area contributed by atoms with Crippen molar-refractivity contribution in [1.29, 1.82) is 0 Å². The first-order valence-electron chi connectivity index (χ1n) is 9.68. The highest BCUT2D eigenvalue weighted by atomic mass is 32.2. The number of nitrogens with one attached hydrogen (secondary N) is 2. The summed E-state index contributed by atoms with van der Waals surface area (Å²) in [4.78, 5) is 24.8. The molecule has 1 aromatic carbocycles. The maximum absolute atomic E-state index is 12.8. The highest BCUT2D eigenvalue weighted by Crippen LogP contribution is 2.29. The van der Waals surface area contributed by atoms with Crippen LogP contribution in [0.5, 0.6) is 0 Å².